The number of hydrogen-bond acceptors (Lipinski definition) is 18. The van der Waals surface area contributed by atoms with Crippen molar-refractivity contribution in [1.29, 1.82) is 0 Å². The molecule has 17 unspecified atom stereocenters. The van der Waals surface area contributed by atoms with Gasteiger partial charge >= 0.3 is 0 Å². The fourth-order valence-corrected chi connectivity index (χ4v) is 15.5. The van der Waals surface area contributed by atoms with Gasteiger partial charge in [0.2, 0.25) is 5.91 Å². The number of ether oxygens (including phenoxy) is 6. The highest BCUT2D eigenvalue weighted by atomic mass is 16.8. The number of unbranched alkanes of at least 4 members (excludes halogenated alkanes) is 57. The fraction of sp³-hybridized carbons (Fsp3) is 0.965. The molecule has 19 heteroatoms. The summed E-state index contributed by atoms with van der Waals surface area (Å²) in [7, 11) is 0. The maximum atomic E-state index is 13.5. The Morgan fingerprint density at radius 1 is 0.333 bits per heavy atom. The van der Waals surface area contributed by atoms with Crippen LogP contribution in [0, 0.1) is 0 Å². The minimum Gasteiger partial charge on any atom is -0.394 e. The van der Waals surface area contributed by atoms with Gasteiger partial charge in [-0.15, -0.1) is 0 Å². The van der Waals surface area contributed by atoms with Crippen molar-refractivity contribution in [2.24, 2.45) is 0 Å². The number of nitrogens with one attached hydrogen (secondary N) is 1. The molecule has 12 N–H and O–H groups in total. The van der Waals surface area contributed by atoms with Crippen LogP contribution in [-0.4, -0.2) is 193 Å². The molecular formula is C86H165NO18. The van der Waals surface area contributed by atoms with E-state index in [1.165, 1.54) is 327 Å². The summed E-state index contributed by atoms with van der Waals surface area (Å²) in [4.78, 5) is 13.5. The lowest BCUT2D eigenvalue weighted by atomic mass is 9.96. The summed E-state index contributed by atoms with van der Waals surface area (Å²) in [6.07, 6.45) is 55.1. The summed E-state index contributed by atoms with van der Waals surface area (Å²) in [5.74, 6) is -0.265. The first kappa shape index (κ1) is 97.7. The largest absolute Gasteiger partial charge is 0.394 e. The number of hydrogen-bond donors (Lipinski definition) is 12. The first-order chi connectivity index (χ1) is 51.3. The van der Waals surface area contributed by atoms with E-state index in [0.717, 1.165) is 44.9 Å². The summed E-state index contributed by atoms with van der Waals surface area (Å²) in [5.41, 5.74) is 0. The van der Waals surface area contributed by atoms with Crippen molar-refractivity contribution in [2.45, 2.75) is 503 Å². The molecular weight excluding hydrogens is 1330 g/mol. The van der Waals surface area contributed by atoms with E-state index in [9.17, 15) is 61.0 Å². The Morgan fingerprint density at radius 2 is 0.590 bits per heavy atom. The van der Waals surface area contributed by atoms with Crippen LogP contribution in [0.2, 0.25) is 0 Å². The summed E-state index contributed by atoms with van der Waals surface area (Å²) < 4.78 is 34.5. The Labute approximate surface area is 639 Å². The zero-order valence-electron chi connectivity index (χ0n) is 67.0. The third kappa shape index (κ3) is 46.3. The van der Waals surface area contributed by atoms with Crippen LogP contribution >= 0.6 is 0 Å². The standard InChI is InChI=1S/C86H165NO18/c1-3-5-7-9-11-13-15-17-19-21-23-25-27-29-31-32-33-34-35-36-37-38-40-42-44-46-48-50-52-54-56-58-60-62-64-74(92)87-69(70(91)63-61-59-57-55-53-51-49-47-45-43-41-39-30-28-26-24-22-20-18-16-14-12-10-8-6-4-2)68-100-84-80(98)77(95)82(72(66-89)102-84)105-86-81(99)78(96)83(73(67-90)103-86)104-85-79(97)76(94)75(93)71(65-88)101-85/h61,63,69-73,75-86,88-91,93-99H,3-60,62,64-68H2,1-2H3,(H,87,92)/b63-61+. The summed E-state index contributed by atoms with van der Waals surface area (Å²) in [5, 5.41) is 121. The van der Waals surface area contributed by atoms with Crippen LogP contribution in [0.4, 0.5) is 0 Å². The van der Waals surface area contributed by atoms with Gasteiger partial charge in [-0.2, -0.15) is 0 Å². The Kier molecular flexibility index (Phi) is 62.4. The average Bonchev–Trinajstić information content (AvgIpc) is 0.781. The third-order valence-electron chi connectivity index (χ3n) is 22.6. The number of aliphatic hydroxyl groups is 11. The van der Waals surface area contributed by atoms with Gasteiger partial charge in [0.05, 0.1) is 38.6 Å². The first-order valence-electron chi connectivity index (χ1n) is 44.4. The van der Waals surface area contributed by atoms with Crippen molar-refractivity contribution in [3.8, 4) is 0 Å². The molecule has 1 amide bonds. The molecule has 3 aliphatic heterocycles. The molecule has 3 saturated heterocycles. The molecule has 3 rings (SSSR count). The fourth-order valence-electron chi connectivity index (χ4n) is 15.5. The molecule has 0 bridgehead atoms. The lowest BCUT2D eigenvalue weighted by molar-refractivity contribution is -0.379. The van der Waals surface area contributed by atoms with Crippen LogP contribution in [0.3, 0.4) is 0 Å². The summed E-state index contributed by atoms with van der Waals surface area (Å²) in [6, 6.07) is -0.971. The predicted octanol–water partition coefficient (Wildman–Crippen LogP) is 16.3. The topological polar surface area (TPSA) is 307 Å². The number of amides is 1. The monoisotopic (exact) mass is 1500 g/mol. The van der Waals surface area contributed by atoms with Crippen molar-refractivity contribution < 1.29 is 89.4 Å². The van der Waals surface area contributed by atoms with Gasteiger partial charge in [-0.05, 0) is 19.3 Å². The molecule has 105 heavy (non-hydrogen) atoms. The Morgan fingerprint density at radius 3 is 0.895 bits per heavy atom. The van der Waals surface area contributed by atoms with Crippen LogP contribution in [-0.2, 0) is 33.2 Å². The minimum absolute atomic E-state index is 0.250. The van der Waals surface area contributed by atoms with E-state index in [1.54, 1.807) is 6.08 Å². The van der Waals surface area contributed by atoms with Crippen molar-refractivity contribution in [1.82, 2.24) is 5.32 Å². The van der Waals surface area contributed by atoms with E-state index in [0.29, 0.717) is 6.42 Å². The van der Waals surface area contributed by atoms with E-state index >= 15 is 0 Å². The SMILES string of the molecule is CCCCCCCCCCCCCCCCCCCCCCCCCC/C=C/C(O)C(COC1OC(CO)C(OC2OC(CO)C(OC3OC(CO)C(O)C(O)C3O)C(O)C2O)C(O)C1O)NC(=O)CCCCCCCCCCCCCCCCCCCCCCCCCCCCCCCCCCCC. The maximum Gasteiger partial charge on any atom is 0.220 e. The van der Waals surface area contributed by atoms with E-state index < -0.39 is 124 Å². The molecule has 0 aromatic heterocycles. The lowest BCUT2D eigenvalue weighted by Gasteiger charge is -2.48. The van der Waals surface area contributed by atoms with Crippen molar-refractivity contribution in [2.75, 3.05) is 26.4 Å². The van der Waals surface area contributed by atoms with Gasteiger partial charge < -0.3 is 89.9 Å². The Hall–Kier alpha value is -1.47. The molecule has 3 fully saturated rings. The van der Waals surface area contributed by atoms with Crippen LogP contribution in [0.5, 0.6) is 0 Å². The van der Waals surface area contributed by atoms with Gasteiger partial charge in [-0.1, -0.05) is 386 Å². The number of carbonyl (C=O) groups is 1. The minimum atomic E-state index is -1.98. The van der Waals surface area contributed by atoms with Gasteiger partial charge in [0, 0.05) is 6.42 Å². The van der Waals surface area contributed by atoms with Crippen LogP contribution in [0.1, 0.15) is 399 Å². The molecule has 3 aliphatic rings. The van der Waals surface area contributed by atoms with Gasteiger partial charge in [0.15, 0.2) is 18.9 Å². The van der Waals surface area contributed by atoms with Crippen LogP contribution < -0.4 is 5.32 Å². The van der Waals surface area contributed by atoms with Gasteiger partial charge in [-0.25, -0.2) is 0 Å². The molecule has 0 aliphatic carbocycles. The molecule has 17 atom stereocenters. The highest BCUT2D eigenvalue weighted by molar-refractivity contribution is 5.76. The molecule has 0 saturated carbocycles. The van der Waals surface area contributed by atoms with Crippen molar-refractivity contribution >= 4 is 5.91 Å². The van der Waals surface area contributed by atoms with E-state index in [-0.39, 0.29) is 18.9 Å². The number of allylic oxidation sites excluding steroid dienone is 1. The number of aliphatic hydroxyl groups excluding tert-OH is 11. The molecule has 19 nitrogen and oxygen atoms in total. The average molecular weight is 1500 g/mol. The van der Waals surface area contributed by atoms with Gasteiger partial charge in [-0.3, -0.25) is 4.79 Å². The first-order valence-corrected chi connectivity index (χ1v) is 44.4. The predicted molar refractivity (Wildman–Crippen MR) is 420 cm³/mol. The third-order valence-corrected chi connectivity index (χ3v) is 22.6. The zero-order chi connectivity index (χ0) is 76.0. The van der Waals surface area contributed by atoms with Crippen LogP contribution in [0.25, 0.3) is 0 Å². The van der Waals surface area contributed by atoms with Crippen molar-refractivity contribution in [3.63, 3.8) is 0 Å². The quantitative estimate of drug-likeness (QED) is 0.0199. The smallest absolute Gasteiger partial charge is 0.220 e. The molecule has 0 aromatic rings. The highest BCUT2D eigenvalue weighted by Crippen LogP contribution is 2.34. The number of rotatable bonds is 73. The zero-order valence-corrected chi connectivity index (χ0v) is 67.0. The summed E-state index contributed by atoms with van der Waals surface area (Å²) in [6.45, 7) is 1.82. The highest BCUT2D eigenvalue weighted by Gasteiger charge is 2.54. The number of carbonyl (C=O) groups excluding carboxylic acids is 1. The van der Waals surface area contributed by atoms with Gasteiger partial charge in [0.1, 0.15) is 73.2 Å². The molecule has 3 heterocycles. The maximum absolute atomic E-state index is 13.5. The second-order valence-electron chi connectivity index (χ2n) is 32.1. The molecule has 622 valence electrons. The normalized spacial score (nSPS) is 25.7. The second kappa shape index (κ2) is 67.1. The molecule has 0 spiro atoms. The Bertz CT molecular complexity index is 1940. The van der Waals surface area contributed by atoms with Crippen LogP contribution in [0.15, 0.2) is 12.2 Å². The second-order valence-corrected chi connectivity index (χ2v) is 32.1. The summed E-state index contributed by atoms with van der Waals surface area (Å²) >= 11 is 0. The van der Waals surface area contributed by atoms with E-state index in [1.807, 2.05) is 6.08 Å². The lowest BCUT2D eigenvalue weighted by Crippen LogP contribution is -2.66. The molecule has 0 aromatic carbocycles. The van der Waals surface area contributed by atoms with E-state index in [2.05, 4.69) is 19.2 Å². The van der Waals surface area contributed by atoms with Gasteiger partial charge in [0.25, 0.3) is 0 Å². The van der Waals surface area contributed by atoms with E-state index in [4.69, 9.17) is 28.4 Å². The van der Waals surface area contributed by atoms with Crippen molar-refractivity contribution in [3.05, 3.63) is 12.2 Å². The Balaban J connectivity index is 1.33. The molecule has 0 radical (unpaired) electrons.